The predicted octanol–water partition coefficient (Wildman–Crippen LogP) is 5.38. The van der Waals surface area contributed by atoms with E-state index in [1.807, 2.05) is 62.5 Å². The van der Waals surface area contributed by atoms with Crippen LogP contribution < -0.4 is 0 Å². The lowest BCUT2D eigenvalue weighted by Crippen LogP contribution is -1.78. The third-order valence-corrected chi connectivity index (χ3v) is 3.13. The molecule has 0 saturated carbocycles. The average molecular weight is 324 g/mol. The van der Waals surface area contributed by atoms with E-state index < -0.39 is 0 Å². The maximum atomic E-state index is 3.97. The predicted molar refractivity (Wildman–Crippen MR) is 105 cm³/mol. The van der Waals surface area contributed by atoms with Crippen LogP contribution in [0.4, 0.5) is 0 Å². The SMILES string of the molecule is CC1=CN=CC1.CC1=NC=CC1.Cc1cc[nH]c1.Cc1cc[nH]c1. The minimum Gasteiger partial charge on any atom is -0.367 e. The molecule has 0 atom stereocenters. The van der Waals surface area contributed by atoms with Gasteiger partial charge < -0.3 is 9.97 Å². The molecule has 2 N–H and O–H groups in total. The van der Waals surface area contributed by atoms with Gasteiger partial charge in [0.05, 0.1) is 0 Å². The Kier molecular flexibility index (Phi) is 9.62. The second-order valence-corrected chi connectivity index (χ2v) is 5.74. The van der Waals surface area contributed by atoms with E-state index in [0.29, 0.717) is 0 Å². The normalized spacial score (nSPS) is 13.7. The lowest BCUT2D eigenvalue weighted by Gasteiger charge is -1.76. The van der Waals surface area contributed by atoms with Crippen molar-refractivity contribution in [1.82, 2.24) is 9.97 Å². The number of aryl methyl sites for hydroxylation is 2. The number of nitrogens with zero attached hydrogens (tertiary/aromatic N) is 2. The lowest BCUT2D eigenvalue weighted by molar-refractivity contribution is 1.32. The van der Waals surface area contributed by atoms with Gasteiger partial charge in [0, 0.05) is 62.0 Å². The van der Waals surface area contributed by atoms with Crippen LogP contribution in [0.1, 0.15) is 37.8 Å². The molecule has 0 spiro atoms. The minimum absolute atomic E-state index is 1.06. The van der Waals surface area contributed by atoms with Crippen LogP contribution in [0, 0.1) is 13.8 Å². The highest BCUT2D eigenvalue weighted by Gasteiger charge is 1.88. The first-order valence-corrected chi connectivity index (χ1v) is 8.12. The summed E-state index contributed by atoms with van der Waals surface area (Å²) in [5.41, 5.74) is 5.15. The van der Waals surface area contributed by atoms with Crippen molar-refractivity contribution in [2.45, 2.75) is 40.5 Å². The quantitative estimate of drug-likeness (QED) is 0.654. The molecule has 128 valence electrons. The number of aliphatic imine (C=N–C) groups is 2. The van der Waals surface area contributed by atoms with E-state index in [9.17, 15) is 0 Å². The number of hydrogen-bond acceptors (Lipinski definition) is 2. The molecule has 0 bridgehead atoms. The number of nitrogens with one attached hydrogen (secondary N) is 2. The van der Waals surface area contributed by atoms with Gasteiger partial charge in [0.1, 0.15) is 0 Å². The van der Waals surface area contributed by atoms with Gasteiger partial charge in [0.25, 0.3) is 0 Å². The van der Waals surface area contributed by atoms with Gasteiger partial charge in [0.2, 0.25) is 0 Å². The van der Waals surface area contributed by atoms with Gasteiger partial charge >= 0.3 is 0 Å². The van der Waals surface area contributed by atoms with Crippen LogP contribution in [-0.2, 0) is 0 Å². The Morgan fingerprint density at radius 3 is 1.62 bits per heavy atom. The Morgan fingerprint density at radius 1 is 0.875 bits per heavy atom. The molecule has 0 amide bonds. The van der Waals surface area contributed by atoms with Crippen molar-refractivity contribution in [2.75, 3.05) is 0 Å². The monoisotopic (exact) mass is 324 g/mol. The summed E-state index contributed by atoms with van der Waals surface area (Å²) in [7, 11) is 0. The molecule has 2 aliphatic rings. The van der Waals surface area contributed by atoms with E-state index in [2.05, 4.69) is 46.8 Å². The molecule has 4 nitrogen and oxygen atoms in total. The number of hydrogen-bond donors (Lipinski definition) is 2. The zero-order chi connectivity index (χ0) is 17.6. The second-order valence-electron chi connectivity index (χ2n) is 5.74. The lowest BCUT2D eigenvalue weighted by atomic mass is 10.3. The summed E-state index contributed by atoms with van der Waals surface area (Å²) < 4.78 is 0. The van der Waals surface area contributed by atoms with Crippen molar-refractivity contribution in [3.8, 4) is 0 Å². The molecule has 4 heteroatoms. The van der Waals surface area contributed by atoms with E-state index in [0.717, 1.165) is 12.8 Å². The first-order valence-electron chi connectivity index (χ1n) is 8.12. The Labute approximate surface area is 145 Å². The molecule has 4 heterocycles. The van der Waals surface area contributed by atoms with Gasteiger partial charge in [-0.05, 0) is 56.5 Å². The fourth-order valence-corrected chi connectivity index (χ4v) is 1.70. The summed E-state index contributed by atoms with van der Waals surface area (Å²) in [6.45, 7) is 8.21. The van der Waals surface area contributed by atoms with E-state index in [-0.39, 0.29) is 0 Å². The Balaban J connectivity index is 0.000000160. The van der Waals surface area contributed by atoms with Crippen molar-refractivity contribution < 1.29 is 0 Å². The summed E-state index contributed by atoms with van der Waals surface area (Å²) in [5.74, 6) is 0. The van der Waals surface area contributed by atoms with E-state index in [1.165, 1.54) is 22.4 Å². The third-order valence-electron chi connectivity index (χ3n) is 3.13. The van der Waals surface area contributed by atoms with Crippen molar-refractivity contribution in [3.05, 3.63) is 72.1 Å². The molecular formula is C20H28N4. The topological polar surface area (TPSA) is 56.3 Å². The van der Waals surface area contributed by atoms with E-state index in [4.69, 9.17) is 0 Å². The highest BCUT2D eigenvalue weighted by atomic mass is 14.7. The first-order chi connectivity index (χ1) is 11.6. The van der Waals surface area contributed by atoms with E-state index in [1.54, 1.807) is 0 Å². The summed E-state index contributed by atoms with van der Waals surface area (Å²) in [4.78, 5) is 13.7. The Hall–Kier alpha value is -2.62. The fourth-order valence-electron chi connectivity index (χ4n) is 1.70. The van der Waals surface area contributed by atoms with Gasteiger partial charge in [0.15, 0.2) is 0 Å². The van der Waals surface area contributed by atoms with Gasteiger partial charge in [-0.3, -0.25) is 9.98 Å². The highest BCUT2D eigenvalue weighted by Crippen LogP contribution is 2.02. The molecule has 0 aliphatic carbocycles. The molecule has 2 aromatic rings. The maximum absolute atomic E-state index is 3.97. The second kappa shape index (κ2) is 11.9. The van der Waals surface area contributed by atoms with Crippen LogP contribution in [0.5, 0.6) is 0 Å². The Morgan fingerprint density at radius 2 is 1.50 bits per heavy atom. The van der Waals surface area contributed by atoms with Crippen molar-refractivity contribution in [3.63, 3.8) is 0 Å². The molecule has 24 heavy (non-hydrogen) atoms. The molecule has 2 aliphatic heterocycles. The summed E-state index contributed by atoms with van der Waals surface area (Å²) in [5, 5.41) is 0. The summed E-state index contributed by atoms with van der Waals surface area (Å²) in [6.07, 6.45) is 17.5. The van der Waals surface area contributed by atoms with Crippen molar-refractivity contribution in [2.24, 2.45) is 9.98 Å². The maximum Gasteiger partial charge on any atom is 0.0256 e. The summed E-state index contributed by atoms with van der Waals surface area (Å²) >= 11 is 0. The molecule has 2 aromatic heterocycles. The van der Waals surface area contributed by atoms with Crippen LogP contribution in [0.25, 0.3) is 0 Å². The third kappa shape index (κ3) is 10.2. The van der Waals surface area contributed by atoms with Crippen LogP contribution in [0.3, 0.4) is 0 Å². The van der Waals surface area contributed by atoms with Crippen molar-refractivity contribution in [1.29, 1.82) is 0 Å². The standard InChI is InChI=1S/4C5H7N/c3*1-5-2-3-6-4-5;1-5-3-2-4-6-5/h3-4H,2H2,1H3;2*2-4,6H,1H3;2,4H,3H2,1H3. The molecule has 4 rings (SSSR count). The zero-order valence-electron chi connectivity index (χ0n) is 15.1. The molecule has 0 saturated heterocycles. The number of rotatable bonds is 0. The van der Waals surface area contributed by atoms with Gasteiger partial charge in [-0.2, -0.15) is 0 Å². The van der Waals surface area contributed by atoms with Crippen LogP contribution in [0.15, 0.2) is 71.0 Å². The smallest absolute Gasteiger partial charge is 0.0256 e. The van der Waals surface area contributed by atoms with Gasteiger partial charge in [-0.25, -0.2) is 0 Å². The largest absolute Gasteiger partial charge is 0.367 e. The van der Waals surface area contributed by atoms with Crippen LogP contribution in [-0.4, -0.2) is 21.9 Å². The number of aromatic amines is 2. The number of aromatic nitrogens is 2. The molecular weight excluding hydrogens is 296 g/mol. The number of H-pyrrole nitrogens is 2. The first kappa shape index (κ1) is 19.4. The number of allylic oxidation sites excluding steroid dienone is 2. The minimum atomic E-state index is 1.06. The van der Waals surface area contributed by atoms with Crippen molar-refractivity contribution >= 4 is 11.9 Å². The average Bonchev–Trinajstić information content (AvgIpc) is 3.31. The van der Waals surface area contributed by atoms with Gasteiger partial charge in [-0.1, -0.05) is 6.08 Å². The van der Waals surface area contributed by atoms with Crippen LogP contribution in [0.2, 0.25) is 0 Å². The highest BCUT2D eigenvalue weighted by molar-refractivity contribution is 5.85. The van der Waals surface area contributed by atoms with Gasteiger partial charge in [-0.15, -0.1) is 0 Å². The molecule has 0 fully saturated rings. The van der Waals surface area contributed by atoms with E-state index >= 15 is 0 Å². The Bertz CT molecular complexity index is 596. The zero-order valence-corrected chi connectivity index (χ0v) is 15.1. The fraction of sp³-hybridized carbons (Fsp3) is 0.300. The molecule has 0 unspecified atom stereocenters. The molecule has 0 aromatic carbocycles. The summed E-state index contributed by atoms with van der Waals surface area (Å²) in [6, 6.07) is 4.06. The van der Waals surface area contributed by atoms with Crippen LogP contribution >= 0.6 is 0 Å². The molecule has 0 radical (unpaired) electrons.